The molecule has 0 saturated carbocycles. The van der Waals surface area contributed by atoms with Crippen LogP contribution in [0.5, 0.6) is 5.75 Å². The second-order valence-corrected chi connectivity index (χ2v) is 15.5. The van der Waals surface area contributed by atoms with Gasteiger partial charge in [0.25, 0.3) is 0 Å². The largest absolute Gasteiger partial charge is 1.00 e. The van der Waals surface area contributed by atoms with Crippen LogP contribution in [0.25, 0.3) is 0 Å². The number of hydrogen-bond donors (Lipinski definition) is 0. The summed E-state index contributed by atoms with van der Waals surface area (Å²) in [5.74, 6) is 0.946. The third-order valence-electron chi connectivity index (χ3n) is 9.63. The van der Waals surface area contributed by atoms with Crippen LogP contribution in [0.4, 0.5) is 0 Å². The van der Waals surface area contributed by atoms with Crippen molar-refractivity contribution in [2.45, 2.75) is 162 Å². The fraction of sp³-hybridized carbons (Fsp3) is 0.738. The molecule has 278 valence electrons. The molecular formula is C42H75Cl2N3O. The van der Waals surface area contributed by atoms with Gasteiger partial charge in [-0.25, -0.2) is 4.98 Å². The van der Waals surface area contributed by atoms with Crippen LogP contribution in [-0.4, -0.2) is 55.2 Å². The highest BCUT2D eigenvalue weighted by Gasteiger charge is 2.23. The van der Waals surface area contributed by atoms with Crippen LogP contribution in [0.15, 0.2) is 42.5 Å². The van der Waals surface area contributed by atoms with Gasteiger partial charge in [0.2, 0.25) is 0 Å². The maximum atomic E-state index is 6.42. The monoisotopic (exact) mass is 708 g/mol. The molecule has 4 nitrogen and oxygen atoms in total. The number of unbranched alkanes of at least 4 members (excludes halogenated alkanes) is 18. The van der Waals surface area contributed by atoms with Crippen molar-refractivity contribution in [1.82, 2.24) is 4.98 Å². The van der Waals surface area contributed by atoms with Crippen molar-refractivity contribution in [3.63, 3.8) is 0 Å². The average Bonchev–Trinajstić information content (AvgIpc) is 3.02. The van der Waals surface area contributed by atoms with E-state index in [4.69, 9.17) is 9.72 Å². The Labute approximate surface area is 310 Å². The minimum Gasteiger partial charge on any atom is -1.00 e. The third kappa shape index (κ3) is 23.1. The molecule has 6 heteroatoms. The number of aromatic nitrogens is 1. The van der Waals surface area contributed by atoms with E-state index in [1.807, 2.05) is 0 Å². The Morgan fingerprint density at radius 3 is 1.38 bits per heavy atom. The molecule has 0 bridgehead atoms. The van der Waals surface area contributed by atoms with E-state index in [-0.39, 0.29) is 24.8 Å². The number of hydrogen-bond acceptors (Lipinski definition) is 2. The third-order valence-corrected chi connectivity index (χ3v) is 9.63. The fourth-order valence-corrected chi connectivity index (χ4v) is 6.66. The Hall–Kier alpha value is -1.33. The predicted octanol–water partition coefficient (Wildman–Crippen LogP) is 5.66. The van der Waals surface area contributed by atoms with Crippen molar-refractivity contribution in [2.75, 3.05) is 41.3 Å². The van der Waals surface area contributed by atoms with Crippen LogP contribution in [0.2, 0.25) is 0 Å². The molecule has 0 unspecified atom stereocenters. The van der Waals surface area contributed by atoms with Crippen molar-refractivity contribution in [3.8, 4) is 5.75 Å². The number of pyridine rings is 1. The van der Waals surface area contributed by atoms with Crippen LogP contribution in [0.3, 0.4) is 0 Å². The summed E-state index contributed by atoms with van der Waals surface area (Å²) in [5, 5.41) is 0. The first kappa shape index (κ1) is 46.7. The summed E-state index contributed by atoms with van der Waals surface area (Å²) < 4.78 is 8.36. The zero-order valence-electron chi connectivity index (χ0n) is 32.2. The van der Waals surface area contributed by atoms with Crippen LogP contribution >= 0.6 is 0 Å². The molecular weight excluding hydrogens is 633 g/mol. The Kier molecular flexibility index (Phi) is 27.6. The van der Waals surface area contributed by atoms with Crippen molar-refractivity contribution in [2.24, 2.45) is 0 Å². The number of ether oxygens (including phenoxy) is 1. The Morgan fingerprint density at radius 1 is 0.500 bits per heavy atom. The summed E-state index contributed by atoms with van der Waals surface area (Å²) in [5.41, 5.74) is 3.51. The van der Waals surface area contributed by atoms with Gasteiger partial charge in [-0.15, -0.1) is 0 Å². The van der Waals surface area contributed by atoms with Crippen LogP contribution < -0.4 is 29.6 Å². The highest BCUT2D eigenvalue weighted by molar-refractivity contribution is 5.29. The van der Waals surface area contributed by atoms with E-state index >= 15 is 0 Å². The van der Waals surface area contributed by atoms with Gasteiger partial charge < -0.3 is 38.5 Å². The molecule has 2 aromatic rings. The summed E-state index contributed by atoms with van der Waals surface area (Å²) in [6.45, 7) is 9.44. The molecule has 1 aromatic carbocycles. The molecule has 0 saturated heterocycles. The molecule has 0 aliphatic carbocycles. The lowest BCUT2D eigenvalue weighted by Crippen LogP contribution is -3.00. The molecule has 48 heavy (non-hydrogen) atoms. The van der Waals surface area contributed by atoms with E-state index in [1.165, 1.54) is 153 Å². The summed E-state index contributed by atoms with van der Waals surface area (Å²) in [7, 11) is 9.49. The Bertz CT molecular complexity index is 1020. The molecule has 0 spiro atoms. The summed E-state index contributed by atoms with van der Waals surface area (Å²) in [6, 6.07) is 14.9. The van der Waals surface area contributed by atoms with Crippen LogP contribution in [0, 0.1) is 0 Å². The van der Waals surface area contributed by atoms with Gasteiger partial charge in [-0.2, -0.15) is 0 Å². The molecule has 1 aromatic heterocycles. The maximum absolute atomic E-state index is 6.42. The first-order valence-electron chi connectivity index (χ1n) is 19.5. The standard InChI is InChI=1S/C42H75N3O.2ClH/c1-7-9-11-13-15-17-19-21-23-28-34-44(3,4)36-40-32-33-42(46-38-39-30-26-25-27-31-39)41(43-40)37-45(5,6)35-29-24-22-20-18-16-14-12-10-8-2;;/h25-27,30-33H,7-24,28-29,34-38H2,1-6H3;2*1H/q+2;;/p-2. The number of nitrogens with zero attached hydrogens (tertiary/aromatic N) is 3. The van der Waals surface area contributed by atoms with Gasteiger partial charge in [0, 0.05) is 0 Å². The minimum absolute atomic E-state index is 0. The maximum Gasteiger partial charge on any atom is 0.147 e. The number of benzene rings is 1. The van der Waals surface area contributed by atoms with Gasteiger partial charge in [-0.3, -0.25) is 0 Å². The van der Waals surface area contributed by atoms with E-state index in [0.717, 1.165) is 33.5 Å². The smallest absolute Gasteiger partial charge is 0.147 e. The second-order valence-electron chi connectivity index (χ2n) is 15.5. The predicted molar refractivity (Wildman–Crippen MR) is 200 cm³/mol. The van der Waals surface area contributed by atoms with Gasteiger partial charge in [0.15, 0.2) is 0 Å². The van der Waals surface area contributed by atoms with Gasteiger partial charge in [0.05, 0.1) is 47.0 Å². The number of rotatable bonds is 29. The molecule has 0 aliphatic heterocycles. The van der Waals surface area contributed by atoms with E-state index in [2.05, 4.69) is 84.5 Å². The molecule has 1 heterocycles. The highest BCUT2D eigenvalue weighted by atomic mass is 35.5. The zero-order chi connectivity index (χ0) is 33.4. The highest BCUT2D eigenvalue weighted by Crippen LogP contribution is 2.24. The lowest BCUT2D eigenvalue weighted by molar-refractivity contribution is -0.905. The summed E-state index contributed by atoms with van der Waals surface area (Å²) in [6.07, 6.45) is 27.7. The SMILES string of the molecule is CCCCCCCCCCCC[N+](C)(C)Cc1ccc(OCc2ccccc2)c(C[N+](C)(C)CCCCCCCCCCCC)n1.[Cl-].[Cl-]. The van der Waals surface area contributed by atoms with Gasteiger partial charge in [-0.05, 0) is 43.4 Å². The molecule has 0 radical (unpaired) electrons. The first-order chi connectivity index (χ1) is 22.2. The fourth-order valence-electron chi connectivity index (χ4n) is 6.66. The van der Waals surface area contributed by atoms with Gasteiger partial charge in [0.1, 0.15) is 31.1 Å². The van der Waals surface area contributed by atoms with Crippen molar-refractivity contribution in [1.29, 1.82) is 0 Å². The average molecular weight is 709 g/mol. The molecule has 2 rings (SSSR count). The van der Waals surface area contributed by atoms with E-state index in [9.17, 15) is 0 Å². The number of quaternary nitrogens is 2. The first-order valence-corrected chi connectivity index (χ1v) is 19.5. The topological polar surface area (TPSA) is 22.1 Å². The summed E-state index contributed by atoms with van der Waals surface area (Å²) in [4.78, 5) is 5.30. The molecule has 0 amide bonds. The lowest BCUT2D eigenvalue weighted by atomic mass is 10.1. The molecule has 0 N–H and O–H groups in total. The van der Waals surface area contributed by atoms with E-state index in [0.29, 0.717) is 6.61 Å². The van der Waals surface area contributed by atoms with Gasteiger partial charge >= 0.3 is 0 Å². The van der Waals surface area contributed by atoms with Gasteiger partial charge in [-0.1, -0.05) is 147 Å². The molecule has 0 atom stereocenters. The Morgan fingerprint density at radius 2 is 0.917 bits per heavy atom. The Balaban J connectivity index is 0.0000110. The van der Waals surface area contributed by atoms with Crippen molar-refractivity contribution < 1.29 is 38.5 Å². The quantitative estimate of drug-likeness (QED) is 0.0805. The van der Waals surface area contributed by atoms with Crippen LogP contribution in [0.1, 0.15) is 159 Å². The van der Waals surface area contributed by atoms with E-state index in [1.54, 1.807) is 0 Å². The molecule has 0 aliphatic rings. The zero-order valence-corrected chi connectivity index (χ0v) is 33.7. The number of halogens is 2. The second kappa shape index (κ2) is 28.4. The molecule has 0 fully saturated rings. The van der Waals surface area contributed by atoms with Crippen molar-refractivity contribution >= 4 is 0 Å². The summed E-state index contributed by atoms with van der Waals surface area (Å²) >= 11 is 0. The van der Waals surface area contributed by atoms with E-state index < -0.39 is 0 Å². The normalized spacial score (nSPS) is 11.6. The van der Waals surface area contributed by atoms with Crippen LogP contribution in [-0.2, 0) is 19.7 Å². The van der Waals surface area contributed by atoms with Crippen molar-refractivity contribution in [3.05, 3.63) is 59.4 Å². The lowest BCUT2D eigenvalue weighted by Gasteiger charge is -2.31. The minimum atomic E-state index is 0.